The molecular weight excluding hydrogens is 487 g/mol. The zero-order valence-electron chi connectivity index (χ0n) is 20.7. The Balaban J connectivity index is 1.50. The zero-order valence-corrected chi connectivity index (χ0v) is 20.7. The minimum absolute atomic E-state index is 0.0214. The van der Waals surface area contributed by atoms with Gasteiger partial charge in [-0.15, -0.1) is 0 Å². The summed E-state index contributed by atoms with van der Waals surface area (Å²) in [4.78, 5) is 31.1. The van der Waals surface area contributed by atoms with E-state index in [1.807, 2.05) is 23.1 Å². The lowest BCUT2D eigenvalue weighted by Crippen LogP contribution is -2.47. The molecular formula is C27H32F3N3O4. The minimum Gasteiger partial charge on any atom is -0.450 e. The van der Waals surface area contributed by atoms with E-state index in [0.717, 1.165) is 56.4 Å². The third kappa shape index (κ3) is 5.74. The van der Waals surface area contributed by atoms with Crippen molar-refractivity contribution < 1.29 is 32.6 Å². The molecule has 2 aliphatic carbocycles. The molecule has 0 unspecified atom stereocenters. The molecule has 0 saturated heterocycles. The van der Waals surface area contributed by atoms with Gasteiger partial charge in [-0.2, -0.15) is 13.2 Å². The average molecular weight is 520 g/mol. The lowest BCUT2D eigenvalue weighted by molar-refractivity contribution is -0.258. The van der Waals surface area contributed by atoms with E-state index in [1.54, 1.807) is 6.20 Å². The summed E-state index contributed by atoms with van der Waals surface area (Å²) < 4.78 is 44.6. The van der Waals surface area contributed by atoms with Crippen LogP contribution in [0.4, 0.5) is 18.0 Å². The van der Waals surface area contributed by atoms with Gasteiger partial charge in [-0.3, -0.25) is 9.78 Å². The zero-order chi connectivity index (χ0) is 26.8. The van der Waals surface area contributed by atoms with Crippen molar-refractivity contribution in [1.29, 1.82) is 0 Å². The molecule has 10 heteroatoms. The number of alkyl halides is 3. The first-order chi connectivity index (χ1) is 17.4. The second-order valence-electron chi connectivity index (χ2n) is 10.2. The summed E-state index contributed by atoms with van der Waals surface area (Å²) in [5.41, 5.74) is 2.73. The van der Waals surface area contributed by atoms with Crippen LogP contribution in [0, 0.1) is 0 Å². The maximum Gasteiger partial charge on any atom is 0.421 e. The highest BCUT2D eigenvalue weighted by molar-refractivity contribution is 5.95. The lowest BCUT2D eigenvalue weighted by Gasteiger charge is -2.43. The normalized spacial score (nSPS) is 23.6. The van der Waals surface area contributed by atoms with Crippen molar-refractivity contribution in [2.45, 2.75) is 81.1 Å². The first-order valence-corrected chi connectivity index (χ1v) is 12.5. The topological polar surface area (TPSA) is 106 Å². The molecule has 2 amide bonds. The van der Waals surface area contributed by atoms with E-state index in [-0.39, 0.29) is 35.6 Å². The van der Waals surface area contributed by atoms with Gasteiger partial charge in [0, 0.05) is 35.0 Å². The molecule has 2 fully saturated rings. The number of aromatic nitrogens is 1. The number of aliphatic hydroxyl groups is 1. The van der Waals surface area contributed by atoms with Gasteiger partial charge in [-0.05, 0) is 81.7 Å². The predicted octanol–water partition coefficient (Wildman–Crippen LogP) is 4.82. The third-order valence-electron chi connectivity index (χ3n) is 7.76. The van der Waals surface area contributed by atoms with Crippen LogP contribution in [0.25, 0.3) is 0 Å². The summed E-state index contributed by atoms with van der Waals surface area (Å²) in [6, 6.07) is 10.9. The number of benzene rings is 1. The summed E-state index contributed by atoms with van der Waals surface area (Å²) in [6.07, 6.45) is 1.34. The molecule has 1 atom stereocenters. The Bertz CT molecular complexity index is 1090. The number of pyridine rings is 1. The number of primary amides is 1. The monoisotopic (exact) mass is 519 g/mol. The van der Waals surface area contributed by atoms with Crippen molar-refractivity contribution in [3.8, 4) is 0 Å². The van der Waals surface area contributed by atoms with Crippen LogP contribution in [0.5, 0.6) is 0 Å². The van der Waals surface area contributed by atoms with Gasteiger partial charge in [-0.25, -0.2) is 4.79 Å². The third-order valence-corrected chi connectivity index (χ3v) is 7.76. The summed E-state index contributed by atoms with van der Waals surface area (Å²) in [5, 5.41) is 9.94. The van der Waals surface area contributed by atoms with Gasteiger partial charge < -0.3 is 20.5 Å². The Morgan fingerprint density at radius 1 is 1.08 bits per heavy atom. The number of ether oxygens (including phenoxy) is 1. The second kappa shape index (κ2) is 10.3. The van der Waals surface area contributed by atoms with Crippen molar-refractivity contribution in [3.05, 3.63) is 65.5 Å². The van der Waals surface area contributed by atoms with E-state index in [1.165, 1.54) is 12.1 Å². The van der Waals surface area contributed by atoms with Crippen LogP contribution in [-0.2, 0) is 15.8 Å². The Morgan fingerprint density at radius 3 is 2.22 bits per heavy atom. The fourth-order valence-electron chi connectivity index (χ4n) is 5.32. The van der Waals surface area contributed by atoms with Gasteiger partial charge in [0.25, 0.3) is 5.91 Å². The molecule has 0 radical (unpaired) electrons. The van der Waals surface area contributed by atoms with Crippen molar-refractivity contribution >= 4 is 12.0 Å². The van der Waals surface area contributed by atoms with Crippen LogP contribution in [0.2, 0.25) is 0 Å². The van der Waals surface area contributed by atoms with Crippen molar-refractivity contribution in [3.63, 3.8) is 0 Å². The molecule has 2 aliphatic rings. The summed E-state index contributed by atoms with van der Waals surface area (Å²) in [7, 11) is 0. The number of halogens is 3. The Labute approximate surface area is 213 Å². The highest BCUT2D eigenvalue weighted by Gasteiger charge is 2.51. The molecule has 7 nitrogen and oxygen atoms in total. The number of carbonyl (C=O) groups is 2. The number of amides is 2. The van der Waals surface area contributed by atoms with Crippen LogP contribution < -0.4 is 5.73 Å². The maximum atomic E-state index is 13.5. The highest BCUT2D eigenvalue weighted by atomic mass is 19.4. The smallest absolute Gasteiger partial charge is 0.421 e. The van der Waals surface area contributed by atoms with Gasteiger partial charge in [0.2, 0.25) is 0 Å². The molecule has 37 heavy (non-hydrogen) atoms. The van der Waals surface area contributed by atoms with E-state index in [0.29, 0.717) is 18.9 Å². The van der Waals surface area contributed by atoms with E-state index in [4.69, 9.17) is 10.5 Å². The minimum atomic E-state index is -4.83. The molecule has 2 saturated carbocycles. The first kappa shape index (κ1) is 26.9. The van der Waals surface area contributed by atoms with E-state index >= 15 is 0 Å². The highest BCUT2D eigenvalue weighted by Crippen LogP contribution is 2.45. The molecule has 2 aromatic rings. The number of carbonyl (C=O) groups excluding carboxylic acids is 2. The number of hydrogen-bond donors (Lipinski definition) is 2. The van der Waals surface area contributed by atoms with Crippen LogP contribution in [0.1, 0.15) is 73.5 Å². The average Bonchev–Trinajstić information content (AvgIpc) is 3.70. The van der Waals surface area contributed by atoms with Gasteiger partial charge in [-0.1, -0.05) is 18.2 Å². The molecule has 0 bridgehead atoms. The first-order valence-electron chi connectivity index (χ1n) is 12.5. The molecule has 200 valence electrons. The fraction of sp³-hybridized carbons (Fsp3) is 0.519. The number of nitrogens with two attached hydrogens (primary N) is 1. The standard InChI is InChI=1S/C27H32F3N3O4/c1-25(36,27(28,29)30)19-7-5-18(6-8-19)23(34)33(20-9-10-20)21-11-13-26(14-12-21,15-17-37-24(31)35)22-4-2-3-16-32-22/h2-8,16,20-21,36H,9-15,17H2,1H3,(H2,31,35)/t21?,25-,26?/m0/s1. The summed E-state index contributed by atoms with van der Waals surface area (Å²) in [6.45, 7) is 0.876. The lowest BCUT2D eigenvalue weighted by atomic mass is 9.68. The van der Waals surface area contributed by atoms with Gasteiger partial charge in [0.1, 0.15) is 0 Å². The Kier molecular flexibility index (Phi) is 7.50. The molecule has 4 rings (SSSR count). The second-order valence-corrected chi connectivity index (χ2v) is 10.2. The number of hydrogen-bond acceptors (Lipinski definition) is 5. The summed E-state index contributed by atoms with van der Waals surface area (Å²) in [5.74, 6) is -0.215. The molecule has 1 aromatic carbocycles. The number of rotatable bonds is 8. The quantitative estimate of drug-likeness (QED) is 0.520. The largest absolute Gasteiger partial charge is 0.450 e. The molecule has 0 spiro atoms. The SMILES string of the molecule is C[C@](O)(c1ccc(C(=O)N(C2CC2)C2CCC(CCOC(N)=O)(c3ccccn3)CC2)cc1)C(F)(F)F. The van der Waals surface area contributed by atoms with Crippen molar-refractivity contribution in [1.82, 2.24) is 9.88 Å². The predicted molar refractivity (Wildman–Crippen MR) is 130 cm³/mol. The Morgan fingerprint density at radius 2 is 1.70 bits per heavy atom. The van der Waals surface area contributed by atoms with Crippen molar-refractivity contribution in [2.75, 3.05) is 6.61 Å². The maximum absolute atomic E-state index is 13.5. The molecule has 3 N–H and O–H groups in total. The van der Waals surface area contributed by atoms with Gasteiger partial charge in [0.15, 0.2) is 5.60 Å². The fourth-order valence-corrected chi connectivity index (χ4v) is 5.32. The summed E-state index contributed by atoms with van der Waals surface area (Å²) >= 11 is 0. The van der Waals surface area contributed by atoms with E-state index in [2.05, 4.69) is 4.98 Å². The molecule has 1 heterocycles. The number of nitrogens with zero attached hydrogens (tertiary/aromatic N) is 2. The van der Waals surface area contributed by atoms with Crippen LogP contribution in [0.3, 0.4) is 0 Å². The van der Waals surface area contributed by atoms with Crippen molar-refractivity contribution in [2.24, 2.45) is 5.73 Å². The van der Waals surface area contributed by atoms with Crippen LogP contribution >= 0.6 is 0 Å². The van der Waals surface area contributed by atoms with Crippen LogP contribution in [-0.4, -0.2) is 51.9 Å². The van der Waals surface area contributed by atoms with E-state index in [9.17, 15) is 27.9 Å². The molecule has 1 aromatic heterocycles. The van der Waals surface area contributed by atoms with Gasteiger partial charge in [0.05, 0.1) is 6.61 Å². The van der Waals surface area contributed by atoms with Gasteiger partial charge >= 0.3 is 12.3 Å². The van der Waals surface area contributed by atoms with E-state index < -0.39 is 17.9 Å². The van der Waals surface area contributed by atoms with Crippen LogP contribution in [0.15, 0.2) is 48.7 Å². The Hall–Kier alpha value is -3.14. The molecule has 0 aliphatic heterocycles.